The predicted molar refractivity (Wildman–Crippen MR) is 269 cm³/mol. The number of carbonyl (C=O) groups excluding carboxylic acids is 5. The van der Waals surface area contributed by atoms with Gasteiger partial charge in [-0.1, -0.05) is 44.5 Å². The summed E-state index contributed by atoms with van der Waals surface area (Å²) in [5, 5.41) is 22.5. The zero-order valence-electron chi connectivity index (χ0n) is 40.5. The highest BCUT2D eigenvalue weighted by atomic mass is 32.2. The van der Waals surface area contributed by atoms with Crippen molar-refractivity contribution < 1.29 is 46.5 Å². The van der Waals surface area contributed by atoms with E-state index >= 15 is 0 Å². The number of aromatic hydroxyl groups is 1. The highest BCUT2D eigenvalue weighted by Crippen LogP contribution is 2.40. The fraction of sp³-hybridized carbons (Fsp3) is 0.373. The first-order valence-electron chi connectivity index (χ1n) is 24.1. The Bertz CT molecular complexity index is 3070. The number of nitrogens with zero attached hydrogens (tertiary/aromatic N) is 8. The van der Waals surface area contributed by atoms with Crippen LogP contribution in [0.5, 0.6) is 5.75 Å². The van der Waals surface area contributed by atoms with Gasteiger partial charge in [0.05, 0.1) is 45.6 Å². The van der Waals surface area contributed by atoms with Gasteiger partial charge >= 0.3 is 5.76 Å². The number of hydrogen-bond acceptors (Lipinski definition) is 12. The van der Waals surface area contributed by atoms with Crippen LogP contribution in [0.1, 0.15) is 91.1 Å². The molecule has 0 bridgehead atoms. The van der Waals surface area contributed by atoms with Gasteiger partial charge in [-0.3, -0.25) is 48.3 Å². The van der Waals surface area contributed by atoms with Crippen LogP contribution in [0.15, 0.2) is 79.3 Å². The number of aromatic nitrogens is 5. The molecule has 2 fully saturated rings. The Labute approximate surface area is 421 Å². The van der Waals surface area contributed by atoms with Crippen LogP contribution in [-0.4, -0.2) is 112 Å². The number of nitrogens with one attached hydrogen (secondary N) is 2. The topological polar surface area (TPSA) is 231 Å². The summed E-state index contributed by atoms with van der Waals surface area (Å²) < 4.78 is 55.2. The van der Waals surface area contributed by atoms with Gasteiger partial charge in [0.15, 0.2) is 11.0 Å². The average Bonchev–Trinajstić information content (AvgIpc) is 4.09. The van der Waals surface area contributed by atoms with Crippen LogP contribution in [0.2, 0.25) is 0 Å². The van der Waals surface area contributed by atoms with Crippen LogP contribution >= 0.6 is 0 Å². The molecule has 6 aromatic rings. The number of amides is 5. The number of phenolic OH excluding ortho intramolecular Hbond substituents is 1. The summed E-state index contributed by atoms with van der Waals surface area (Å²) in [6.07, 6.45) is 10.6. The minimum atomic E-state index is -3.14. The van der Waals surface area contributed by atoms with E-state index in [2.05, 4.69) is 25.0 Å². The quantitative estimate of drug-likeness (QED) is 0.0464. The lowest BCUT2D eigenvalue weighted by Gasteiger charge is -2.37. The molecule has 5 amide bonds. The number of imide groups is 2. The van der Waals surface area contributed by atoms with E-state index in [9.17, 15) is 46.5 Å². The van der Waals surface area contributed by atoms with Gasteiger partial charge in [0.1, 0.15) is 29.1 Å². The number of rotatable bonds is 15. The molecule has 2 saturated heterocycles. The van der Waals surface area contributed by atoms with Crippen LogP contribution < -0.4 is 20.7 Å². The van der Waals surface area contributed by atoms with Gasteiger partial charge in [-0.15, -0.1) is 0 Å². The van der Waals surface area contributed by atoms with Gasteiger partial charge in [-0.05, 0) is 86.4 Å². The number of nitrogens with two attached hydrogens (primary N) is 1. The van der Waals surface area contributed by atoms with Crippen LogP contribution in [0.4, 0.5) is 30.4 Å². The second kappa shape index (κ2) is 22.4. The monoisotopic (exact) mass is 1020 g/mol. The summed E-state index contributed by atoms with van der Waals surface area (Å²) in [5.74, 6) is -5.29. The zero-order chi connectivity index (χ0) is 52.1. The van der Waals surface area contributed by atoms with Gasteiger partial charge in [0, 0.05) is 68.7 Å². The van der Waals surface area contributed by atoms with Crippen LogP contribution in [0.3, 0.4) is 0 Å². The molecule has 73 heavy (non-hydrogen) atoms. The van der Waals surface area contributed by atoms with Crippen molar-refractivity contribution >= 4 is 69.1 Å². The Morgan fingerprint density at radius 3 is 2.41 bits per heavy atom. The maximum absolute atomic E-state index is 13.8. The minimum absolute atomic E-state index is 0.0165. The standard InChI is InChI=1S/C43H47F2N11O7S.C8H9F/c1-3-6-32(40(60)48-23-57)56-41(61)28-8-4-9-31(35(28)42(56)62)54-14-5-7-24(21-54)17-34(59)53-15-12-27(13-16-53)55-22-26(19-49-55)29-20-47-39(46)36-37(50-52(2)38(29)36)25-10-11-30(33(58)18-25)51-64(63)43(44)45;1-2-7-3-5-8(9)6-4-7/h4,8-11,18-20,22-24,27,32,43,51,58H,3,5-7,12-17,21H2,1-2H3,(H2,46,47)(H,48,57,60);3-6H,2H2,1H3. The van der Waals surface area contributed by atoms with E-state index in [1.54, 1.807) is 60.5 Å². The number of anilines is 3. The SMILES string of the molecule is CCCC(C(=O)NC=O)N1C(=O)c2cccc(N3CCCC(CC(=O)N4CCC(n5cc(-c6cnc(N)c7c(-c8ccc(NS(=O)C(F)F)c(O)c8)nn(C)c67)cn5)CC4)C3)c2C1=O.CCc1ccc(F)cc1. The fourth-order valence-corrected chi connectivity index (χ4v) is 10.4. The molecule has 5 N–H and O–H groups in total. The molecule has 3 atom stereocenters. The Hall–Kier alpha value is -7.62. The molecule has 384 valence electrons. The first-order valence-corrected chi connectivity index (χ1v) is 25.3. The molecule has 0 spiro atoms. The van der Waals surface area contributed by atoms with Crippen molar-refractivity contribution in [2.75, 3.05) is 41.5 Å². The number of phenols is 1. The third kappa shape index (κ3) is 10.9. The Morgan fingerprint density at radius 2 is 1.73 bits per heavy atom. The first kappa shape index (κ1) is 51.7. The summed E-state index contributed by atoms with van der Waals surface area (Å²) in [6.45, 7) is 6.12. The van der Waals surface area contributed by atoms with Gasteiger partial charge in [-0.25, -0.2) is 13.6 Å². The van der Waals surface area contributed by atoms with Crippen LogP contribution in [0, 0.1) is 11.7 Å². The number of likely N-dealkylation sites (tertiary alicyclic amines) is 1. The van der Waals surface area contributed by atoms with Gasteiger partial charge < -0.3 is 20.6 Å². The Balaban J connectivity index is 0.000000714. The Morgan fingerprint density at radius 1 is 0.973 bits per heavy atom. The normalized spacial score (nSPS) is 16.8. The average molecular weight is 1020 g/mol. The molecule has 3 aromatic carbocycles. The first-order chi connectivity index (χ1) is 35.1. The molecule has 0 radical (unpaired) electrons. The highest BCUT2D eigenvalue weighted by molar-refractivity contribution is 7.86. The lowest BCUT2D eigenvalue weighted by molar-refractivity contribution is -0.133. The molecular formula is C51H56F3N11O7S. The third-order valence-electron chi connectivity index (χ3n) is 13.6. The lowest BCUT2D eigenvalue weighted by atomic mass is 9.92. The number of benzene rings is 3. The predicted octanol–water partition coefficient (Wildman–Crippen LogP) is 6.98. The number of piperidine rings is 2. The smallest absolute Gasteiger partial charge is 0.330 e. The second-order valence-electron chi connectivity index (χ2n) is 18.2. The fourth-order valence-electron chi connectivity index (χ4n) is 9.91. The van der Waals surface area contributed by atoms with Crippen molar-refractivity contribution in [1.29, 1.82) is 0 Å². The van der Waals surface area contributed by atoms with Crippen molar-refractivity contribution in [1.82, 2.24) is 39.7 Å². The van der Waals surface area contributed by atoms with Crippen LogP contribution in [0.25, 0.3) is 33.3 Å². The molecule has 6 heterocycles. The van der Waals surface area contributed by atoms with E-state index in [-0.39, 0.29) is 59.1 Å². The molecule has 18 nitrogen and oxygen atoms in total. The molecule has 22 heteroatoms. The molecule has 3 unspecified atom stereocenters. The molecule has 0 saturated carbocycles. The summed E-state index contributed by atoms with van der Waals surface area (Å²) >= 11 is 0. The van der Waals surface area contributed by atoms with Gasteiger partial charge in [0.25, 0.3) is 11.8 Å². The van der Waals surface area contributed by atoms with Crippen molar-refractivity contribution in [3.8, 4) is 28.1 Å². The van der Waals surface area contributed by atoms with E-state index in [1.165, 1.54) is 29.8 Å². The summed E-state index contributed by atoms with van der Waals surface area (Å²) in [5.41, 5.74) is 11.4. The minimum Gasteiger partial charge on any atom is -0.506 e. The van der Waals surface area contributed by atoms with E-state index < -0.39 is 46.3 Å². The summed E-state index contributed by atoms with van der Waals surface area (Å²) in [7, 11) is -0.955. The van der Waals surface area contributed by atoms with Crippen LogP contribution in [-0.2, 0) is 38.8 Å². The number of hydrogen-bond donors (Lipinski definition) is 4. The number of halogens is 3. The molecule has 3 aliphatic rings. The highest BCUT2D eigenvalue weighted by Gasteiger charge is 2.45. The van der Waals surface area contributed by atoms with E-state index in [1.807, 2.05) is 29.6 Å². The number of alkyl halides is 2. The van der Waals surface area contributed by atoms with E-state index in [0.717, 1.165) is 29.7 Å². The summed E-state index contributed by atoms with van der Waals surface area (Å²) in [4.78, 5) is 74.3. The molecular weight excluding hydrogens is 968 g/mol. The maximum Gasteiger partial charge on any atom is 0.330 e. The van der Waals surface area contributed by atoms with E-state index in [4.69, 9.17) is 10.8 Å². The van der Waals surface area contributed by atoms with Gasteiger partial charge in [0.2, 0.25) is 18.2 Å². The maximum atomic E-state index is 13.8. The van der Waals surface area contributed by atoms with Crippen molar-refractivity contribution in [3.05, 3.63) is 102 Å². The second-order valence-corrected chi connectivity index (χ2v) is 19.4. The summed E-state index contributed by atoms with van der Waals surface area (Å²) in [6, 6.07) is 14.8. The number of nitrogen functional groups attached to an aromatic ring is 1. The number of carbonyl (C=O) groups is 5. The van der Waals surface area contributed by atoms with Crippen molar-refractivity contribution in [3.63, 3.8) is 0 Å². The number of pyridine rings is 1. The Kier molecular flexibility index (Phi) is 15.9. The third-order valence-corrected chi connectivity index (χ3v) is 14.3. The number of fused-ring (bicyclic) bond motifs is 2. The van der Waals surface area contributed by atoms with E-state index in [0.29, 0.717) is 85.3 Å². The van der Waals surface area contributed by atoms with Gasteiger partial charge in [-0.2, -0.15) is 19.0 Å². The molecule has 0 aliphatic carbocycles. The molecule has 3 aromatic heterocycles. The molecule has 9 rings (SSSR count). The molecule has 3 aliphatic heterocycles. The lowest BCUT2D eigenvalue weighted by Crippen LogP contribution is -2.49. The van der Waals surface area contributed by atoms with Crippen molar-refractivity contribution in [2.45, 2.75) is 83.1 Å². The largest absolute Gasteiger partial charge is 0.506 e. The van der Waals surface area contributed by atoms with Crippen molar-refractivity contribution in [2.24, 2.45) is 13.0 Å². The zero-order valence-corrected chi connectivity index (χ0v) is 41.3. The number of aryl methyl sites for hydroxylation is 2.